The number of methoxy groups -OCH3 is 1. The molecule has 1 atom stereocenters. The van der Waals surface area contributed by atoms with E-state index >= 15 is 0 Å². The molecule has 1 aliphatic rings. The number of carbonyl (C=O) groups excluding carboxylic acids is 2. The maximum Gasteiger partial charge on any atom is 0.329 e. The molecule has 0 aliphatic carbocycles. The molecule has 0 saturated carbocycles. The van der Waals surface area contributed by atoms with Crippen molar-refractivity contribution in [2.45, 2.75) is 32.4 Å². The summed E-state index contributed by atoms with van der Waals surface area (Å²) in [5.74, 6) is 0.930. The molecule has 6 heteroatoms. The zero-order valence-electron chi connectivity index (χ0n) is 11.4. The van der Waals surface area contributed by atoms with Crippen LogP contribution in [-0.2, 0) is 19.1 Å². The van der Waals surface area contributed by atoms with Crippen LogP contribution in [0.5, 0.6) is 0 Å². The molecule has 1 amide bonds. The average Bonchev–Trinajstić information content (AvgIpc) is 2.38. The Labute approximate surface area is 112 Å². The van der Waals surface area contributed by atoms with E-state index in [1.165, 1.54) is 7.11 Å². The average molecular weight is 275 g/mol. The van der Waals surface area contributed by atoms with Crippen molar-refractivity contribution in [1.82, 2.24) is 4.90 Å². The van der Waals surface area contributed by atoms with Gasteiger partial charge >= 0.3 is 5.97 Å². The van der Waals surface area contributed by atoms with Crippen LogP contribution in [0.15, 0.2) is 0 Å². The third-order valence-electron chi connectivity index (χ3n) is 2.97. The molecule has 0 aromatic rings. The molecule has 1 heterocycles. The van der Waals surface area contributed by atoms with Crippen molar-refractivity contribution in [3.63, 3.8) is 0 Å². The normalized spacial score (nSPS) is 20.7. The van der Waals surface area contributed by atoms with E-state index in [9.17, 15) is 9.59 Å². The Morgan fingerprint density at radius 2 is 2.11 bits per heavy atom. The van der Waals surface area contributed by atoms with Gasteiger partial charge in [0.2, 0.25) is 0 Å². The Bertz CT molecular complexity index is 319. The van der Waals surface area contributed by atoms with Gasteiger partial charge < -0.3 is 14.4 Å². The highest BCUT2D eigenvalue weighted by Crippen LogP contribution is 2.22. The van der Waals surface area contributed by atoms with E-state index in [1.807, 2.05) is 0 Å². The molecule has 5 nitrogen and oxygen atoms in total. The first kappa shape index (κ1) is 15.3. The number of thioether (sulfide) groups is 1. The minimum atomic E-state index is -0.910. The van der Waals surface area contributed by atoms with E-state index in [0.717, 1.165) is 5.75 Å². The van der Waals surface area contributed by atoms with Crippen molar-refractivity contribution >= 4 is 23.6 Å². The van der Waals surface area contributed by atoms with E-state index in [1.54, 1.807) is 37.4 Å². The highest BCUT2D eigenvalue weighted by molar-refractivity contribution is 7.99. The highest BCUT2D eigenvalue weighted by atomic mass is 32.2. The zero-order chi connectivity index (χ0) is 13.8. The molecular weight excluding hydrogens is 254 g/mol. The SMILES string of the molecule is CCOC(=O)C1CSCCN1C(=O)C(C)(C)OC. The van der Waals surface area contributed by atoms with E-state index in [2.05, 4.69) is 0 Å². The van der Waals surface area contributed by atoms with Crippen LogP contribution in [-0.4, -0.2) is 60.2 Å². The van der Waals surface area contributed by atoms with Crippen molar-refractivity contribution in [1.29, 1.82) is 0 Å². The summed E-state index contributed by atoms with van der Waals surface area (Å²) in [6, 6.07) is -0.495. The number of amides is 1. The summed E-state index contributed by atoms with van der Waals surface area (Å²) in [7, 11) is 1.50. The lowest BCUT2D eigenvalue weighted by Gasteiger charge is -2.38. The molecule has 1 unspecified atom stereocenters. The predicted molar refractivity (Wildman–Crippen MR) is 70.5 cm³/mol. The zero-order valence-corrected chi connectivity index (χ0v) is 12.2. The van der Waals surface area contributed by atoms with Crippen LogP contribution < -0.4 is 0 Å². The Hall–Kier alpha value is -0.750. The molecule has 0 radical (unpaired) electrons. The predicted octanol–water partition coefficient (Wildman–Crippen LogP) is 0.918. The van der Waals surface area contributed by atoms with E-state index in [4.69, 9.17) is 9.47 Å². The molecule has 1 rings (SSSR count). The number of esters is 1. The fourth-order valence-electron chi connectivity index (χ4n) is 1.71. The first-order valence-electron chi connectivity index (χ1n) is 6.04. The van der Waals surface area contributed by atoms with Crippen molar-refractivity contribution < 1.29 is 19.1 Å². The summed E-state index contributed by atoms with van der Waals surface area (Å²) in [4.78, 5) is 25.8. The smallest absolute Gasteiger partial charge is 0.329 e. The monoisotopic (exact) mass is 275 g/mol. The first-order valence-corrected chi connectivity index (χ1v) is 7.20. The number of carbonyl (C=O) groups is 2. The van der Waals surface area contributed by atoms with Crippen molar-refractivity contribution in [2.75, 3.05) is 31.8 Å². The van der Waals surface area contributed by atoms with E-state index in [-0.39, 0.29) is 11.9 Å². The fourth-order valence-corrected chi connectivity index (χ4v) is 2.75. The molecule has 1 fully saturated rings. The lowest BCUT2D eigenvalue weighted by atomic mass is 10.1. The van der Waals surface area contributed by atoms with Gasteiger partial charge in [0.1, 0.15) is 11.6 Å². The number of rotatable bonds is 4. The Kier molecular flexibility index (Phi) is 5.47. The van der Waals surface area contributed by atoms with Gasteiger partial charge in [0.15, 0.2) is 0 Å². The number of hydrogen-bond acceptors (Lipinski definition) is 5. The van der Waals surface area contributed by atoms with Crippen LogP contribution in [0.1, 0.15) is 20.8 Å². The van der Waals surface area contributed by atoms with Gasteiger partial charge in [-0.15, -0.1) is 0 Å². The largest absolute Gasteiger partial charge is 0.464 e. The standard InChI is InChI=1S/C12H21NO4S/c1-5-17-10(14)9-8-18-7-6-13(9)11(15)12(2,3)16-4/h9H,5-8H2,1-4H3. The van der Waals surface area contributed by atoms with E-state index in [0.29, 0.717) is 18.9 Å². The van der Waals surface area contributed by atoms with Crippen LogP contribution >= 0.6 is 11.8 Å². The molecule has 0 aromatic heterocycles. The molecule has 104 valence electrons. The van der Waals surface area contributed by atoms with Gasteiger partial charge in [-0.1, -0.05) is 0 Å². The molecule has 0 aromatic carbocycles. The van der Waals surface area contributed by atoms with Crippen LogP contribution in [0.2, 0.25) is 0 Å². The summed E-state index contributed by atoms with van der Waals surface area (Å²) in [5, 5.41) is 0. The van der Waals surface area contributed by atoms with Crippen molar-refractivity contribution in [3.8, 4) is 0 Å². The van der Waals surface area contributed by atoms with Crippen LogP contribution in [0.3, 0.4) is 0 Å². The van der Waals surface area contributed by atoms with Gasteiger partial charge in [-0.05, 0) is 20.8 Å². The fraction of sp³-hybridized carbons (Fsp3) is 0.833. The molecule has 1 aliphatic heterocycles. The van der Waals surface area contributed by atoms with Gasteiger partial charge in [-0.25, -0.2) is 4.79 Å². The number of ether oxygens (including phenoxy) is 2. The quantitative estimate of drug-likeness (QED) is 0.714. The summed E-state index contributed by atoms with van der Waals surface area (Å²) < 4.78 is 10.2. The molecular formula is C12H21NO4S. The lowest BCUT2D eigenvalue weighted by molar-refractivity contribution is -0.162. The van der Waals surface area contributed by atoms with E-state index < -0.39 is 11.6 Å². The second kappa shape index (κ2) is 6.43. The van der Waals surface area contributed by atoms with Crippen molar-refractivity contribution in [3.05, 3.63) is 0 Å². The minimum absolute atomic E-state index is 0.164. The van der Waals surface area contributed by atoms with Crippen molar-refractivity contribution in [2.24, 2.45) is 0 Å². The molecule has 18 heavy (non-hydrogen) atoms. The molecule has 0 bridgehead atoms. The van der Waals surface area contributed by atoms with Gasteiger partial charge in [0, 0.05) is 25.2 Å². The van der Waals surface area contributed by atoms with Gasteiger partial charge in [0.05, 0.1) is 6.61 Å². The molecule has 0 spiro atoms. The summed E-state index contributed by atoms with van der Waals surface area (Å²) in [5.41, 5.74) is -0.910. The third-order valence-corrected chi connectivity index (χ3v) is 4.00. The summed E-state index contributed by atoms with van der Waals surface area (Å²) in [6.45, 7) is 6.06. The topological polar surface area (TPSA) is 55.8 Å². The summed E-state index contributed by atoms with van der Waals surface area (Å²) in [6.07, 6.45) is 0. The van der Waals surface area contributed by atoms with Gasteiger partial charge in [-0.3, -0.25) is 4.79 Å². The van der Waals surface area contributed by atoms with Gasteiger partial charge in [-0.2, -0.15) is 11.8 Å². The second-order valence-electron chi connectivity index (χ2n) is 4.56. The highest BCUT2D eigenvalue weighted by Gasteiger charge is 2.40. The second-order valence-corrected chi connectivity index (χ2v) is 5.71. The van der Waals surface area contributed by atoms with Gasteiger partial charge in [0.25, 0.3) is 5.91 Å². The Morgan fingerprint density at radius 3 is 2.67 bits per heavy atom. The minimum Gasteiger partial charge on any atom is -0.464 e. The maximum absolute atomic E-state index is 12.4. The number of nitrogens with zero attached hydrogens (tertiary/aromatic N) is 1. The summed E-state index contributed by atoms with van der Waals surface area (Å²) >= 11 is 1.66. The van der Waals surface area contributed by atoms with Crippen LogP contribution in [0, 0.1) is 0 Å². The third kappa shape index (κ3) is 3.38. The molecule has 0 N–H and O–H groups in total. The van der Waals surface area contributed by atoms with Crippen LogP contribution in [0.4, 0.5) is 0 Å². The first-order chi connectivity index (χ1) is 8.44. The van der Waals surface area contributed by atoms with Crippen LogP contribution in [0.25, 0.3) is 0 Å². The molecule has 1 saturated heterocycles. The Balaban J connectivity index is 2.82. The number of hydrogen-bond donors (Lipinski definition) is 0. The lowest BCUT2D eigenvalue weighted by Crippen LogP contribution is -2.57. The Morgan fingerprint density at radius 1 is 1.44 bits per heavy atom. The maximum atomic E-state index is 12.4.